The average Bonchev–Trinajstić information content (AvgIpc) is 2.41. The number of nitrogens with zero attached hydrogens (tertiary/aromatic N) is 1. The van der Waals surface area contributed by atoms with Crippen LogP contribution in [0.25, 0.3) is 0 Å². The molecule has 1 amide bonds. The zero-order valence-corrected chi connectivity index (χ0v) is 9.20. The Hall–Kier alpha value is -0.570. The van der Waals surface area contributed by atoms with Gasteiger partial charge in [-0.05, 0) is 31.1 Å². The largest absolute Gasteiger partial charge is 0.396 e. The molecule has 1 saturated heterocycles. The van der Waals surface area contributed by atoms with Gasteiger partial charge in [0.1, 0.15) is 0 Å². The Labute approximate surface area is 86.1 Å². The van der Waals surface area contributed by atoms with Gasteiger partial charge in [0.25, 0.3) is 0 Å². The molecule has 3 heteroatoms. The Balaban J connectivity index is 2.44. The van der Waals surface area contributed by atoms with Gasteiger partial charge in [0.05, 0.1) is 0 Å². The summed E-state index contributed by atoms with van der Waals surface area (Å²) in [7, 11) is 0. The quantitative estimate of drug-likeness (QED) is 0.727. The fraction of sp³-hybridized carbons (Fsp3) is 0.909. The first-order chi connectivity index (χ1) is 6.65. The summed E-state index contributed by atoms with van der Waals surface area (Å²) in [5.41, 5.74) is 0. The number of amides is 1. The third-order valence-electron chi connectivity index (χ3n) is 3.31. The summed E-state index contributed by atoms with van der Waals surface area (Å²) in [6.45, 7) is 5.75. The summed E-state index contributed by atoms with van der Waals surface area (Å²) in [6, 6.07) is 0. The Bertz CT molecular complexity index is 194. The highest BCUT2D eigenvalue weighted by atomic mass is 16.3. The number of hydrogen-bond acceptors (Lipinski definition) is 2. The van der Waals surface area contributed by atoms with E-state index in [1.807, 2.05) is 4.90 Å². The Morgan fingerprint density at radius 3 is 2.79 bits per heavy atom. The van der Waals surface area contributed by atoms with Gasteiger partial charge in [-0.1, -0.05) is 6.92 Å². The van der Waals surface area contributed by atoms with Gasteiger partial charge in [-0.25, -0.2) is 0 Å². The van der Waals surface area contributed by atoms with Crippen molar-refractivity contribution >= 4 is 5.91 Å². The number of aliphatic hydroxyl groups excluding tert-OH is 1. The van der Waals surface area contributed by atoms with Crippen LogP contribution < -0.4 is 0 Å². The van der Waals surface area contributed by atoms with Gasteiger partial charge in [-0.15, -0.1) is 0 Å². The van der Waals surface area contributed by atoms with E-state index < -0.39 is 0 Å². The maximum atomic E-state index is 11.2. The molecule has 0 spiro atoms. The van der Waals surface area contributed by atoms with E-state index in [-0.39, 0.29) is 12.5 Å². The molecule has 0 radical (unpaired) electrons. The third-order valence-corrected chi connectivity index (χ3v) is 3.31. The number of carbonyl (C=O) groups is 1. The zero-order valence-electron chi connectivity index (χ0n) is 9.20. The molecule has 3 nitrogen and oxygen atoms in total. The van der Waals surface area contributed by atoms with Gasteiger partial charge in [0.15, 0.2) is 0 Å². The number of rotatable bonds is 2. The van der Waals surface area contributed by atoms with Crippen LogP contribution in [0.1, 0.15) is 33.1 Å². The summed E-state index contributed by atoms with van der Waals surface area (Å²) < 4.78 is 0. The number of likely N-dealkylation sites (tertiary alicyclic amines) is 1. The van der Waals surface area contributed by atoms with Crippen LogP contribution in [0.15, 0.2) is 0 Å². The average molecular weight is 199 g/mol. The van der Waals surface area contributed by atoms with Crippen molar-refractivity contribution in [2.75, 3.05) is 19.7 Å². The molecule has 1 heterocycles. The molecular weight excluding hydrogens is 178 g/mol. The minimum absolute atomic E-state index is 0.183. The van der Waals surface area contributed by atoms with E-state index in [2.05, 4.69) is 6.92 Å². The molecule has 1 N–H and O–H groups in total. The molecule has 1 aliphatic heterocycles. The fourth-order valence-electron chi connectivity index (χ4n) is 2.16. The maximum Gasteiger partial charge on any atom is 0.219 e. The molecule has 0 aliphatic carbocycles. The van der Waals surface area contributed by atoms with Crippen LogP contribution in [0, 0.1) is 11.8 Å². The van der Waals surface area contributed by atoms with E-state index >= 15 is 0 Å². The molecule has 0 aromatic heterocycles. The van der Waals surface area contributed by atoms with Crippen molar-refractivity contribution in [2.45, 2.75) is 33.1 Å². The molecule has 0 saturated carbocycles. The molecule has 0 aromatic rings. The van der Waals surface area contributed by atoms with Crippen molar-refractivity contribution in [2.24, 2.45) is 11.8 Å². The van der Waals surface area contributed by atoms with Crippen LogP contribution in [-0.2, 0) is 4.79 Å². The predicted molar refractivity (Wildman–Crippen MR) is 55.8 cm³/mol. The van der Waals surface area contributed by atoms with E-state index in [0.717, 1.165) is 32.4 Å². The van der Waals surface area contributed by atoms with Crippen molar-refractivity contribution < 1.29 is 9.90 Å². The SMILES string of the molecule is CC(=O)N1CCCC(C(C)CO)CC1. The monoisotopic (exact) mass is 199 g/mol. The first-order valence-corrected chi connectivity index (χ1v) is 5.51. The number of hydrogen-bond donors (Lipinski definition) is 1. The van der Waals surface area contributed by atoms with Crippen molar-refractivity contribution in [3.05, 3.63) is 0 Å². The lowest BCUT2D eigenvalue weighted by Crippen LogP contribution is -2.29. The normalized spacial score (nSPS) is 25.6. The van der Waals surface area contributed by atoms with Crippen molar-refractivity contribution in [1.29, 1.82) is 0 Å². The third kappa shape index (κ3) is 2.98. The minimum atomic E-state index is 0.183. The van der Waals surface area contributed by atoms with Crippen molar-refractivity contribution in [1.82, 2.24) is 4.90 Å². The minimum Gasteiger partial charge on any atom is -0.396 e. The molecule has 2 atom stereocenters. The zero-order chi connectivity index (χ0) is 10.6. The van der Waals surface area contributed by atoms with Gasteiger partial charge < -0.3 is 10.0 Å². The number of carbonyl (C=O) groups excluding carboxylic acids is 1. The first kappa shape index (κ1) is 11.5. The highest BCUT2D eigenvalue weighted by molar-refractivity contribution is 5.73. The highest BCUT2D eigenvalue weighted by Crippen LogP contribution is 2.24. The predicted octanol–water partition coefficient (Wildman–Crippen LogP) is 1.26. The number of aliphatic hydroxyl groups is 1. The van der Waals surface area contributed by atoms with Gasteiger partial charge >= 0.3 is 0 Å². The van der Waals surface area contributed by atoms with Crippen molar-refractivity contribution in [3.8, 4) is 0 Å². The van der Waals surface area contributed by atoms with E-state index in [9.17, 15) is 4.79 Å². The smallest absolute Gasteiger partial charge is 0.219 e. The molecule has 14 heavy (non-hydrogen) atoms. The van der Waals surface area contributed by atoms with E-state index in [4.69, 9.17) is 5.11 Å². The second kappa shape index (κ2) is 5.35. The van der Waals surface area contributed by atoms with Crippen LogP contribution in [0.4, 0.5) is 0 Å². The molecule has 0 aromatic carbocycles. The standard InChI is InChI=1S/C11H21NO2/c1-9(8-13)11-4-3-6-12(7-5-11)10(2)14/h9,11,13H,3-8H2,1-2H3. The first-order valence-electron chi connectivity index (χ1n) is 5.51. The summed E-state index contributed by atoms with van der Waals surface area (Å²) in [6.07, 6.45) is 3.27. The highest BCUT2D eigenvalue weighted by Gasteiger charge is 2.22. The van der Waals surface area contributed by atoms with Crippen LogP contribution >= 0.6 is 0 Å². The Morgan fingerprint density at radius 2 is 2.21 bits per heavy atom. The second-order valence-corrected chi connectivity index (χ2v) is 4.36. The van der Waals surface area contributed by atoms with Crippen LogP contribution in [0.5, 0.6) is 0 Å². The molecule has 82 valence electrons. The summed E-state index contributed by atoms with van der Waals surface area (Å²) in [5, 5.41) is 9.07. The summed E-state index contributed by atoms with van der Waals surface area (Å²) in [4.78, 5) is 13.1. The second-order valence-electron chi connectivity index (χ2n) is 4.36. The van der Waals surface area contributed by atoms with E-state index in [1.165, 1.54) is 0 Å². The van der Waals surface area contributed by atoms with E-state index in [0.29, 0.717) is 11.8 Å². The topological polar surface area (TPSA) is 40.5 Å². The fourth-order valence-corrected chi connectivity index (χ4v) is 2.16. The Morgan fingerprint density at radius 1 is 1.50 bits per heavy atom. The van der Waals surface area contributed by atoms with Crippen LogP contribution in [-0.4, -0.2) is 35.6 Å². The lowest BCUT2D eigenvalue weighted by molar-refractivity contribution is -0.128. The Kier molecular flexibility index (Phi) is 4.39. The summed E-state index contributed by atoms with van der Waals surface area (Å²) >= 11 is 0. The van der Waals surface area contributed by atoms with Gasteiger partial charge in [0.2, 0.25) is 5.91 Å². The van der Waals surface area contributed by atoms with E-state index in [1.54, 1.807) is 6.92 Å². The van der Waals surface area contributed by atoms with Crippen molar-refractivity contribution in [3.63, 3.8) is 0 Å². The molecule has 1 aliphatic rings. The van der Waals surface area contributed by atoms with Gasteiger partial charge in [-0.2, -0.15) is 0 Å². The van der Waals surface area contributed by atoms with Crippen LogP contribution in [0.2, 0.25) is 0 Å². The molecule has 2 unspecified atom stereocenters. The van der Waals surface area contributed by atoms with Gasteiger partial charge in [-0.3, -0.25) is 4.79 Å². The summed E-state index contributed by atoms with van der Waals surface area (Å²) in [5.74, 6) is 1.15. The molecular formula is C11H21NO2. The molecule has 0 bridgehead atoms. The maximum absolute atomic E-state index is 11.2. The lowest BCUT2D eigenvalue weighted by atomic mass is 9.88. The van der Waals surface area contributed by atoms with Gasteiger partial charge in [0, 0.05) is 26.6 Å². The molecule has 1 fully saturated rings. The molecule has 1 rings (SSSR count). The lowest BCUT2D eigenvalue weighted by Gasteiger charge is -2.21. The van der Waals surface area contributed by atoms with Crippen LogP contribution in [0.3, 0.4) is 0 Å².